The normalized spacial score (nSPS) is 17.7. The zero-order valence-corrected chi connectivity index (χ0v) is 33.6. The van der Waals surface area contributed by atoms with Crippen LogP contribution in [0.4, 0.5) is 21.9 Å². The summed E-state index contributed by atoms with van der Waals surface area (Å²) in [6.07, 6.45) is 0.168. The van der Waals surface area contributed by atoms with Crippen LogP contribution in [0.5, 0.6) is 11.5 Å². The van der Waals surface area contributed by atoms with E-state index in [0.717, 1.165) is 57.0 Å². The number of likely N-dealkylation sites (N-methyl/N-ethyl adjacent to an activating group) is 1. The summed E-state index contributed by atoms with van der Waals surface area (Å²) < 4.78 is 12.3. The quantitative estimate of drug-likeness (QED) is 0.0739. The minimum absolute atomic E-state index is 0.00150. The Morgan fingerprint density at radius 3 is 1.74 bits per heavy atom. The molecule has 0 radical (unpaired) electrons. The van der Waals surface area contributed by atoms with Crippen LogP contribution < -0.4 is 19.3 Å². The van der Waals surface area contributed by atoms with Crippen LogP contribution in [0.2, 0.25) is 0 Å². The van der Waals surface area contributed by atoms with E-state index >= 15 is 0 Å². The number of carbonyl (C=O) groups excluding carboxylic acids is 3. The van der Waals surface area contributed by atoms with Crippen LogP contribution >= 0.6 is 23.2 Å². The minimum atomic E-state index is -0.441. The predicted octanol–water partition coefficient (Wildman–Crippen LogP) is 8.43. The first kappa shape index (κ1) is 39.4. The molecule has 3 amide bonds. The van der Waals surface area contributed by atoms with Gasteiger partial charge in [-0.05, 0) is 53.1 Å². The molecule has 58 heavy (non-hydrogen) atoms. The van der Waals surface area contributed by atoms with Gasteiger partial charge < -0.3 is 29.1 Å². The van der Waals surface area contributed by atoms with Crippen molar-refractivity contribution in [3.8, 4) is 11.5 Å². The van der Waals surface area contributed by atoms with Gasteiger partial charge in [0.1, 0.15) is 18.1 Å². The van der Waals surface area contributed by atoms with Crippen LogP contribution in [0, 0.1) is 10.1 Å². The first-order valence-electron chi connectivity index (χ1n) is 19.5. The van der Waals surface area contributed by atoms with E-state index in [4.69, 9.17) is 32.7 Å². The van der Waals surface area contributed by atoms with Crippen molar-refractivity contribution in [2.24, 2.45) is 0 Å². The number of nitro benzene ring substituents is 1. The monoisotopic (exact) mass is 823 g/mol. The van der Waals surface area contributed by atoms with E-state index in [1.54, 1.807) is 32.9 Å². The maximum atomic E-state index is 14.0. The highest BCUT2D eigenvalue weighted by molar-refractivity contribution is 6.19. The van der Waals surface area contributed by atoms with Gasteiger partial charge in [-0.25, -0.2) is 4.79 Å². The topological polar surface area (TPSA) is 126 Å². The van der Waals surface area contributed by atoms with Crippen LogP contribution in [-0.4, -0.2) is 90.7 Å². The molecule has 300 valence electrons. The average molecular weight is 825 g/mol. The second kappa shape index (κ2) is 16.8. The molecule has 0 spiro atoms. The number of hydrogen-bond acceptors (Lipinski definition) is 8. The number of nitro groups is 1. The van der Waals surface area contributed by atoms with Gasteiger partial charge in [0.25, 0.3) is 5.69 Å². The molecule has 1 fully saturated rings. The van der Waals surface area contributed by atoms with Crippen molar-refractivity contribution >= 4 is 79.7 Å². The molecule has 1 saturated heterocycles. The van der Waals surface area contributed by atoms with E-state index in [1.165, 1.54) is 12.1 Å². The summed E-state index contributed by atoms with van der Waals surface area (Å²) in [6, 6.07) is 25.5. The average Bonchev–Trinajstić information content (AvgIpc) is 3.82. The molecule has 5 aromatic carbocycles. The van der Waals surface area contributed by atoms with Crippen LogP contribution in [0.25, 0.3) is 21.5 Å². The number of carbonyl (C=O) groups is 3. The molecule has 3 aliphatic rings. The summed E-state index contributed by atoms with van der Waals surface area (Å²) in [7, 11) is 2.02. The van der Waals surface area contributed by atoms with Gasteiger partial charge in [0.05, 0.1) is 16.3 Å². The fraction of sp³-hybridized carbons (Fsp3) is 0.341. The summed E-state index contributed by atoms with van der Waals surface area (Å²) in [5.41, 5.74) is 4.10. The Balaban J connectivity index is 0.990. The van der Waals surface area contributed by atoms with Gasteiger partial charge in [-0.2, -0.15) is 0 Å². The van der Waals surface area contributed by atoms with Crippen LogP contribution in [0.15, 0.2) is 84.9 Å². The molecular weight excluding hydrogens is 781 g/mol. The minimum Gasteiger partial charge on any atom is -0.488 e. The number of amides is 3. The van der Waals surface area contributed by atoms with E-state index in [0.29, 0.717) is 61.5 Å². The second-order valence-electron chi connectivity index (χ2n) is 15.1. The highest BCUT2D eigenvalue weighted by atomic mass is 35.5. The maximum Gasteiger partial charge on any atom is 0.415 e. The predicted molar refractivity (Wildman–Crippen MR) is 226 cm³/mol. The first-order chi connectivity index (χ1) is 28.1. The van der Waals surface area contributed by atoms with Gasteiger partial charge in [-0.15, -0.1) is 23.2 Å². The van der Waals surface area contributed by atoms with E-state index < -0.39 is 11.0 Å². The first-order valence-corrected chi connectivity index (χ1v) is 20.6. The van der Waals surface area contributed by atoms with Crippen LogP contribution in [-0.2, 0) is 16.2 Å². The van der Waals surface area contributed by atoms with Gasteiger partial charge in [0, 0.05) is 111 Å². The molecule has 1 unspecified atom stereocenters. The lowest BCUT2D eigenvalue weighted by atomic mass is 9.95. The SMILES string of the molecule is CN1CCN(C(=O)Oc2cc3c(c4ccccc24)C(CCl)CN3C(=O)CCCC(=O)N2C[C@@H](CCl)c3c2cc(OCc2ccc([N+](=O)[O-])cc2)c2ccccc32)CC1. The lowest BCUT2D eigenvalue weighted by Gasteiger charge is -2.31. The van der Waals surface area contributed by atoms with E-state index in [-0.39, 0.29) is 48.8 Å². The van der Waals surface area contributed by atoms with Crippen molar-refractivity contribution in [3.63, 3.8) is 0 Å². The van der Waals surface area contributed by atoms with Crippen LogP contribution in [0.3, 0.4) is 0 Å². The van der Waals surface area contributed by atoms with Gasteiger partial charge in [-0.1, -0.05) is 48.5 Å². The Kier molecular flexibility index (Phi) is 11.4. The maximum absolute atomic E-state index is 14.0. The number of hydrogen-bond donors (Lipinski definition) is 0. The zero-order valence-electron chi connectivity index (χ0n) is 32.1. The summed E-state index contributed by atoms with van der Waals surface area (Å²) in [6.45, 7) is 3.63. The van der Waals surface area contributed by atoms with Gasteiger partial charge in [0.2, 0.25) is 11.8 Å². The van der Waals surface area contributed by atoms with Gasteiger partial charge in [0.15, 0.2) is 0 Å². The second-order valence-corrected chi connectivity index (χ2v) is 15.8. The molecule has 8 rings (SSSR count). The van der Waals surface area contributed by atoms with Crippen molar-refractivity contribution in [2.75, 3.05) is 67.9 Å². The fourth-order valence-corrected chi connectivity index (χ4v) is 8.94. The number of benzene rings is 5. The third-order valence-corrected chi connectivity index (χ3v) is 12.3. The molecule has 0 saturated carbocycles. The molecule has 0 bridgehead atoms. The Hall–Kier alpha value is -5.43. The molecule has 0 N–H and O–H groups in total. The number of rotatable bonds is 11. The lowest BCUT2D eigenvalue weighted by molar-refractivity contribution is -0.384. The Morgan fingerprint density at radius 1 is 0.724 bits per heavy atom. The number of ether oxygens (including phenoxy) is 2. The lowest BCUT2D eigenvalue weighted by Crippen LogP contribution is -2.48. The van der Waals surface area contributed by atoms with Gasteiger partial charge in [-0.3, -0.25) is 19.7 Å². The molecule has 3 heterocycles. The van der Waals surface area contributed by atoms with Crippen molar-refractivity contribution in [1.82, 2.24) is 9.80 Å². The van der Waals surface area contributed by atoms with Crippen molar-refractivity contribution < 1.29 is 28.8 Å². The number of anilines is 2. The number of halogens is 2. The third kappa shape index (κ3) is 7.64. The zero-order chi connectivity index (χ0) is 40.5. The molecule has 5 aromatic rings. The largest absolute Gasteiger partial charge is 0.488 e. The summed E-state index contributed by atoms with van der Waals surface area (Å²) in [5.74, 6) is 1.13. The van der Waals surface area contributed by atoms with Crippen LogP contribution in [0.1, 0.15) is 47.8 Å². The Bertz CT molecular complexity index is 2400. The van der Waals surface area contributed by atoms with Crippen molar-refractivity contribution in [2.45, 2.75) is 37.7 Å². The standard InChI is InChI=1S/C44H43Cl2N5O7/c1-47-17-19-48(20-18-47)44(54)58-39-22-37-43(35-10-5-3-8-33(35)39)30(24-46)26-50(37)41(53)12-6-11-40(52)49-25-29(23-45)42-34-9-4-2-7-32(34)38(21-36(42)49)57-27-28-13-15-31(16-14-28)51(55)56/h2-5,7-10,13-16,21-22,29-30H,6,11-12,17-20,23-27H2,1H3/t29-,30?/m1/s1. The fourth-order valence-electron chi connectivity index (χ4n) is 8.44. The number of fused-ring (bicyclic) bond motifs is 6. The summed E-state index contributed by atoms with van der Waals surface area (Å²) in [4.78, 5) is 59.4. The summed E-state index contributed by atoms with van der Waals surface area (Å²) in [5, 5.41) is 14.6. The third-order valence-electron chi connectivity index (χ3n) is 11.5. The van der Waals surface area contributed by atoms with Crippen molar-refractivity contribution in [3.05, 3.63) is 112 Å². The number of nitrogens with zero attached hydrogens (tertiary/aromatic N) is 5. The van der Waals surface area contributed by atoms with E-state index in [9.17, 15) is 24.5 Å². The van der Waals surface area contributed by atoms with E-state index in [2.05, 4.69) is 4.90 Å². The molecular formula is C44H43Cl2N5O7. The molecule has 12 nitrogen and oxygen atoms in total. The Morgan fingerprint density at radius 2 is 1.22 bits per heavy atom. The number of alkyl halides is 2. The highest BCUT2D eigenvalue weighted by Gasteiger charge is 2.37. The van der Waals surface area contributed by atoms with Gasteiger partial charge >= 0.3 is 6.09 Å². The Labute approximate surface area is 345 Å². The van der Waals surface area contributed by atoms with E-state index in [1.807, 2.05) is 61.6 Å². The molecule has 0 aliphatic carbocycles. The molecule has 3 aliphatic heterocycles. The molecule has 14 heteroatoms. The number of non-ortho nitro benzene ring substituents is 1. The highest BCUT2D eigenvalue weighted by Crippen LogP contribution is 2.47. The van der Waals surface area contributed by atoms with Crippen molar-refractivity contribution in [1.29, 1.82) is 0 Å². The molecule has 0 aromatic heterocycles. The smallest absolute Gasteiger partial charge is 0.415 e. The molecule has 2 atom stereocenters. The number of piperazine rings is 1. The summed E-state index contributed by atoms with van der Waals surface area (Å²) >= 11 is 13.0.